The number of thioether (sulfide) groups is 1. The van der Waals surface area contributed by atoms with Gasteiger partial charge in [0.1, 0.15) is 23.8 Å². The standard InChI is InChI=1S/C20H21N3O3S/c1-12-13(2)16(8-21)20(23-14(12)3)27-11-19(24)22-9-15-10-25-17-6-4-5-7-18(17)26-15/h4-7,15H,9-11H2,1-3H3,(H,22,24). The van der Waals surface area contributed by atoms with Crippen LogP contribution in [0.2, 0.25) is 0 Å². The highest BCUT2D eigenvalue weighted by atomic mass is 32.2. The summed E-state index contributed by atoms with van der Waals surface area (Å²) in [7, 11) is 0. The zero-order valence-corrected chi connectivity index (χ0v) is 16.4. The summed E-state index contributed by atoms with van der Waals surface area (Å²) < 4.78 is 11.5. The summed E-state index contributed by atoms with van der Waals surface area (Å²) in [6, 6.07) is 9.66. The van der Waals surface area contributed by atoms with E-state index in [2.05, 4.69) is 16.4 Å². The van der Waals surface area contributed by atoms with Crippen LogP contribution in [0.25, 0.3) is 0 Å². The van der Waals surface area contributed by atoms with Crippen LogP contribution in [0, 0.1) is 32.1 Å². The van der Waals surface area contributed by atoms with E-state index in [1.807, 2.05) is 45.0 Å². The molecule has 6 nitrogen and oxygen atoms in total. The van der Waals surface area contributed by atoms with Gasteiger partial charge in [0, 0.05) is 5.69 Å². The highest BCUT2D eigenvalue weighted by Crippen LogP contribution is 2.30. The van der Waals surface area contributed by atoms with E-state index in [1.165, 1.54) is 11.8 Å². The number of nitriles is 1. The fraction of sp³-hybridized carbons (Fsp3) is 0.350. The van der Waals surface area contributed by atoms with Crippen molar-refractivity contribution < 1.29 is 14.3 Å². The van der Waals surface area contributed by atoms with Gasteiger partial charge in [-0.3, -0.25) is 4.79 Å². The van der Waals surface area contributed by atoms with E-state index in [-0.39, 0.29) is 17.8 Å². The van der Waals surface area contributed by atoms with Crippen LogP contribution < -0.4 is 14.8 Å². The summed E-state index contributed by atoms with van der Waals surface area (Å²) >= 11 is 1.27. The number of hydrogen-bond donors (Lipinski definition) is 1. The molecule has 1 aromatic carbocycles. The lowest BCUT2D eigenvalue weighted by atomic mass is 10.1. The van der Waals surface area contributed by atoms with Gasteiger partial charge in [-0.2, -0.15) is 5.26 Å². The summed E-state index contributed by atoms with van der Waals surface area (Å²) in [5, 5.41) is 12.9. The first kappa shape index (κ1) is 19.1. The Balaban J connectivity index is 1.53. The quantitative estimate of drug-likeness (QED) is 0.799. The molecule has 140 valence electrons. The number of hydrogen-bond acceptors (Lipinski definition) is 6. The van der Waals surface area contributed by atoms with Crippen molar-refractivity contribution in [1.29, 1.82) is 5.26 Å². The second-order valence-corrected chi connectivity index (χ2v) is 7.29. The number of amides is 1. The molecule has 0 saturated carbocycles. The Bertz CT molecular complexity index is 908. The van der Waals surface area contributed by atoms with E-state index in [0.29, 0.717) is 29.5 Å². The minimum atomic E-state index is -0.231. The number of aromatic nitrogens is 1. The average Bonchev–Trinajstić information content (AvgIpc) is 2.68. The van der Waals surface area contributed by atoms with Gasteiger partial charge in [0.05, 0.1) is 17.9 Å². The number of rotatable bonds is 5. The molecular formula is C20H21N3O3S. The molecule has 2 aromatic rings. The first-order chi connectivity index (χ1) is 13.0. The first-order valence-corrected chi connectivity index (χ1v) is 9.64. The van der Waals surface area contributed by atoms with Crippen molar-refractivity contribution in [2.24, 2.45) is 0 Å². The number of carbonyl (C=O) groups excluding carboxylic acids is 1. The molecule has 2 heterocycles. The Morgan fingerprint density at radius 3 is 2.78 bits per heavy atom. The molecule has 1 aliphatic rings. The van der Waals surface area contributed by atoms with Crippen LogP contribution in [0.1, 0.15) is 22.4 Å². The predicted molar refractivity (Wildman–Crippen MR) is 103 cm³/mol. The van der Waals surface area contributed by atoms with Gasteiger partial charge >= 0.3 is 0 Å². The fourth-order valence-corrected chi connectivity index (χ4v) is 3.64. The summed E-state index contributed by atoms with van der Waals surface area (Å²) in [6.45, 7) is 6.51. The largest absolute Gasteiger partial charge is 0.486 e. The van der Waals surface area contributed by atoms with Crippen molar-refractivity contribution in [1.82, 2.24) is 10.3 Å². The lowest BCUT2D eigenvalue weighted by Crippen LogP contribution is -2.41. The molecule has 0 saturated heterocycles. The zero-order chi connectivity index (χ0) is 19.4. The Morgan fingerprint density at radius 1 is 1.30 bits per heavy atom. The molecular weight excluding hydrogens is 362 g/mol. The minimum Gasteiger partial charge on any atom is -0.486 e. The normalized spacial score (nSPS) is 15.1. The molecule has 27 heavy (non-hydrogen) atoms. The lowest BCUT2D eigenvalue weighted by molar-refractivity contribution is -0.119. The zero-order valence-electron chi connectivity index (χ0n) is 15.5. The van der Waals surface area contributed by atoms with Crippen molar-refractivity contribution >= 4 is 17.7 Å². The maximum Gasteiger partial charge on any atom is 0.230 e. The highest BCUT2D eigenvalue weighted by Gasteiger charge is 2.21. The van der Waals surface area contributed by atoms with Crippen LogP contribution in [0.4, 0.5) is 0 Å². The number of pyridine rings is 1. The second kappa shape index (κ2) is 8.31. The molecule has 1 aromatic heterocycles. The Morgan fingerprint density at radius 2 is 2.04 bits per heavy atom. The number of benzene rings is 1. The van der Waals surface area contributed by atoms with Crippen molar-refractivity contribution in [3.63, 3.8) is 0 Å². The van der Waals surface area contributed by atoms with Crippen LogP contribution in [0.5, 0.6) is 11.5 Å². The number of fused-ring (bicyclic) bond motifs is 1. The third-order valence-electron chi connectivity index (χ3n) is 4.51. The molecule has 0 spiro atoms. The first-order valence-electron chi connectivity index (χ1n) is 8.65. The van der Waals surface area contributed by atoms with E-state index in [9.17, 15) is 10.1 Å². The number of nitrogens with zero attached hydrogens (tertiary/aromatic N) is 2. The maximum atomic E-state index is 12.2. The van der Waals surface area contributed by atoms with E-state index >= 15 is 0 Å². The molecule has 1 aliphatic heterocycles. The molecule has 1 amide bonds. The molecule has 0 fully saturated rings. The number of ether oxygens (including phenoxy) is 2. The number of nitrogens with one attached hydrogen (secondary N) is 1. The summed E-state index contributed by atoms with van der Waals surface area (Å²) in [5.74, 6) is 1.46. The fourth-order valence-electron chi connectivity index (χ4n) is 2.72. The summed E-state index contributed by atoms with van der Waals surface area (Å²) in [5.41, 5.74) is 3.34. The lowest BCUT2D eigenvalue weighted by Gasteiger charge is -2.26. The summed E-state index contributed by atoms with van der Waals surface area (Å²) in [4.78, 5) is 16.7. The van der Waals surface area contributed by atoms with Gasteiger partial charge in [-0.15, -0.1) is 0 Å². The van der Waals surface area contributed by atoms with Gasteiger partial charge in [-0.25, -0.2) is 4.98 Å². The van der Waals surface area contributed by atoms with Gasteiger partial charge in [0.15, 0.2) is 11.5 Å². The number of para-hydroxylation sites is 2. The van der Waals surface area contributed by atoms with E-state index in [0.717, 1.165) is 22.6 Å². The van der Waals surface area contributed by atoms with Gasteiger partial charge < -0.3 is 14.8 Å². The Kier molecular flexibility index (Phi) is 5.87. The number of carbonyl (C=O) groups is 1. The monoisotopic (exact) mass is 383 g/mol. The van der Waals surface area contributed by atoms with Crippen molar-refractivity contribution in [2.45, 2.75) is 31.9 Å². The third-order valence-corrected chi connectivity index (χ3v) is 5.48. The third kappa shape index (κ3) is 4.34. The van der Waals surface area contributed by atoms with E-state index < -0.39 is 0 Å². The van der Waals surface area contributed by atoms with Gasteiger partial charge in [0.2, 0.25) is 5.91 Å². The molecule has 1 atom stereocenters. The van der Waals surface area contributed by atoms with Crippen LogP contribution in [-0.4, -0.2) is 35.9 Å². The molecule has 0 radical (unpaired) electrons. The molecule has 1 N–H and O–H groups in total. The molecule has 1 unspecified atom stereocenters. The van der Waals surface area contributed by atoms with Crippen molar-refractivity contribution in [3.05, 3.63) is 46.6 Å². The highest BCUT2D eigenvalue weighted by molar-refractivity contribution is 8.00. The Hall–Kier alpha value is -2.72. The second-order valence-electron chi connectivity index (χ2n) is 6.33. The van der Waals surface area contributed by atoms with Crippen molar-refractivity contribution in [2.75, 3.05) is 18.9 Å². The smallest absolute Gasteiger partial charge is 0.230 e. The van der Waals surface area contributed by atoms with E-state index in [1.54, 1.807) is 0 Å². The molecule has 0 bridgehead atoms. The SMILES string of the molecule is Cc1nc(SCC(=O)NCC2COc3ccccc3O2)c(C#N)c(C)c1C. The van der Waals surface area contributed by atoms with Crippen molar-refractivity contribution in [3.8, 4) is 17.6 Å². The molecule has 0 aliphatic carbocycles. The van der Waals surface area contributed by atoms with Crippen LogP contribution in [-0.2, 0) is 4.79 Å². The maximum absolute atomic E-state index is 12.2. The van der Waals surface area contributed by atoms with Gasteiger partial charge in [0.25, 0.3) is 0 Å². The predicted octanol–water partition coefficient (Wildman–Crippen LogP) is 2.93. The summed E-state index contributed by atoms with van der Waals surface area (Å²) in [6.07, 6.45) is -0.231. The average molecular weight is 383 g/mol. The molecule has 3 rings (SSSR count). The number of aryl methyl sites for hydroxylation is 1. The van der Waals surface area contributed by atoms with Gasteiger partial charge in [-0.05, 0) is 44.0 Å². The van der Waals surface area contributed by atoms with Crippen LogP contribution >= 0.6 is 11.8 Å². The Labute approximate surface area is 162 Å². The van der Waals surface area contributed by atoms with E-state index in [4.69, 9.17) is 9.47 Å². The molecule has 7 heteroatoms. The van der Waals surface area contributed by atoms with Crippen LogP contribution in [0.3, 0.4) is 0 Å². The topological polar surface area (TPSA) is 84.2 Å². The minimum absolute atomic E-state index is 0.135. The van der Waals surface area contributed by atoms with Gasteiger partial charge in [-0.1, -0.05) is 23.9 Å². The van der Waals surface area contributed by atoms with Crippen LogP contribution in [0.15, 0.2) is 29.3 Å².